The van der Waals surface area contributed by atoms with Crippen molar-refractivity contribution in [3.63, 3.8) is 0 Å². The summed E-state index contributed by atoms with van der Waals surface area (Å²) in [6.07, 6.45) is 0. The Morgan fingerprint density at radius 2 is 0.857 bits per heavy atom. The van der Waals surface area contributed by atoms with E-state index in [1.807, 2.05) is 0 Å². The van der Waals surface area contributed by atoms with Gasteiger partial charge in [-0.2, -0.15) is 0 Å². The predicted molar refractivity (Wildman–Crippen MR) is 105 cm³/mol. The minimum Gasteiger partial charge on any atom is -0.493 e. The van der Waals surface area contributed by atoms with Crippen LogP contribution in [0.4, 0.5) is 0 Å². The Kier molecular flexibility index (Phi) is 5.35. The third-order valence-electron chi connectivity index (χ3n) is 4.59. The summed E-state index contributed by atoms with van der Waals surface area (Å²) < 4.78 is 32.5. The molecule has 7 nitrogen and oxygen atoms in total. The summed E-state index contributed by atoms with van der Waals surface area (Å²) in [6.45, 7) is 0. The van der Waals surface area contributed by atoms with Crippen molar-refractivity contribution in [2.24, 2.45) is 0 Å². The van der Waals surface area contributed by atoms with E-state index in [-0.39, 0.29) is 5.43 Å². The van der Waals surface area contributed by atoms with E-state index in [9.17, 15) is 4.79 Å². The second-order valence-corrected chi connectivity index (χ2v) is 5.84. The fourth-order valence-electron chi connectivity index (χ4n) is 3.28. The van der Waals surface area contributed by atoms with E-state index >= 15 is 0 Å². The number of hydrogen-bond acceptors (Lipinski definition) is 7. The van der Waals surface area contributed by atoms with Gasteiger partial charge < -0.3 is 28.4 Å². The maximum atomic E-state index is 12.7. The molecule has 0 amide bonds. The minimum absolute atomic E-state index is 0.101. The molecule has 0 aliphatic carbocycles. The topological polar surface area (TPSA) is 72.5 Å². The van der Waals surface area contributed by atoms with Crippen molar-refractivity contribution in [2.45, 2.75) is 0 Å². The van der Waals surface area contributed by atoms with Gasteiger partial charge >= 0.3 is 0 Å². The van der Waals surface area contributed by atoms with Gasteiger partial charge in [0.1, 0.15) is 0 Å². The van der Waals surface area contributed by atoms with Gasteiger partial charge in [-0.3, -0.25) is 4.79 Å². The second-order valence-electron chi connectivity index (χ2n) is 5.84. The van der Waals surface area contributed by atoms with Crippen molar-refractivity contribution in [2.75, 3.05) is 42.7 Å². The van der Waals surface area contributed by atoms with Crippen molar-refractivity contribution in [1.29, 1.82) is 0 Å². The molecule has 3 aromatic carbocycles. The first-order chi connectivity index (χ1) is 13.6. The van der Waals surface area contributed by atoms with Gasteiger partial charge in [0.2, 0.25) is 11.5 Å². The Hall–Kier alpha value is -3.35. The molecule has 0 radical (unpaired) electrons. The van der Waals surface area contributed by atoms with Crippen LogP contribution >= 0.6 is 0 Å². The average Bonchev–Trinajstić information content (AvgIpc) is 3.40. The van der Waals surface area contributed by atoms with E-state index in [0.717, 1.165) is 0 Å². The molecule has 148 valence electrons. The van der Waals surface area contributed by atoms with Crippen LogP contribution in [0, 0.1) is 0 Å². The molecular formula is C21H22O7. The molecule has 0 unspecified atom stereocenters. The molecule has 3 rings (SSSR count). The van der Waals surface area contributed by atoms with Crippen molar-refractivity contribution in [3.8, 4) is 56.8 Å². The van der Waals surface area contributed by atoms with Crippen LogP contribution in [-0.4, -0.2) is 42.7 Å². The van der Waals surface area contributed by atoms with E-state index in [0.29, 0.717) is 56.8 Å². The van der Waals surface area contributed by atoms with Crippen LogP contribution in [0.3, 0.4) is 0 Å². The Labute approximate surface area is 163 Å². The van der Waals surface area contributed by atoms with Crippen molar-refractivity contribution in [3.05, 3.63) is 34.5 Å². The van der Waals surface area contributed by atoms with E-state index in [1.54, 1.807) is 38.5 Å². The van der Waals surface area contributed by atoms with Gasteiger partial charge in [-0.05, 0) is 24.3 Å². The van der Waals surface area contributed by atoms with E-state index in [1.165, 1.54) is 28.4 Å². The van der Waals surface area contributed by atoms with Crippen molar-refractivity contribution < 1.29 is 28.4 Å². The van der Waals surface area contributed by atoms with Crippen LogP contribution in [0.5, 0.6) is 34.5 Å². The molecule has 0 saturated carbocycles. The minimum atomic E-state index is -0.101. The highest BCUT2D eigenvalue weighted by atomic mass is 16.5. The largest absolute Gasteiger partial charge is 0.493 e. The van der Waals surface area contributed by atoms with Crippen LogP contribution in [0.1, 0.15) is 0 Å². The van der Waals surface area contributed by atoms with Gasteiger partial charge in [0.25, 0.3) is 0 Å². The normalized spacial score (nSPS) is 10.6. The first-order valence-electron chi connectivity index (χ1n) is 8.45. The van der Waals surface area contributed by atoms with E-state index in [2.05, 4.69) is 0 Å². The first-order valence-corrected chi connectivity index (χ1v) is 8.45. The van der Waals surface area contributed by atoms with Gasteiger partial charge in [0.15, 0.2) is 28.4 Å². The summed E-state index contributed by atoms with van der Waals surface area (Å²) in [5, 5.41) is 0. The first kappa shape index (κ1) is 19.4. The van der Waals surface area contributed by atoms with Gasteiger partial charge in [-0.15, -0.1) is 0 Å². The molecule has 28 heavy (non-hydrogen) atoms. The Balaban J connectivity index is 2.18. The van der Waals surface area contributed by atoms with Crippen LogP contribution in [-0.2, 0) is 0 Å². The highest BCUT2D eigenvalue weighted by Gasteiger charge is 2.33. The van der Waals surface area contributed by atoms with Crippen molar-refractivity contribution >= 4 is 0 Å². The fraction of sp³-hybridized carbons (Fsp3) is 0.286. The standard InChI is InChI=1S/C21H22O7/c1-23-13-9-7-11(18(25-3)20(13)27-5)15-16(17(15)22)12-8-10-14(24-2)21(28-6)19(12)26-4/h7-10H,1-6H3. The summed E-state index contributed by atoms with van der Waals surface area (Å²) in [5.74, 6) is 2.74. The fourth-order valence-corrected chi connectivity index (χ4v) is 3.28. The summed E-state index contributed by atoms with van der Waals surface area (Å²) in [5.41, 5.74) is 2.21. The number of benzene rings is 2. The van der Waals surface area contributed by atoms with Crippen LogP contribution in [0.15, 0.2) is 29.1 Å². The molecule has 0 spiro atoms. The molecular weight excluding hydrogens is 364 g/mol. The van der Waals surface area contributed by atoms with Crippen LogP contribution in [0.25, 0.3) is 22.3 Å². The molecule has 3 aromatic rings. The smallest absolute Gasteiger partial charge is 0.203 e. The lowest BCUT2D eigenvalue weighted by atomic mass is 10.1. The zero-order valence-electron chi connectivity index (χ0n) is 16.7. The summed E-state index contributed by atoms with van der Waals surface area (Å²) in [6, 6.07) is 7.01. The number of ether oxygens (including phenoxy) is 6. The highest BCUT2D eigenvalue weighted by molar-refractivity contribution is 5.99. The van der Waals surface area contributed by atoms with Crippen LogP contribution in [0.2, 0.25) is 0 Å². The highest BCUT2D eigenvalue weighted by Crippen LogP contribution is 2.51. The maximum Gasteiger partial charge on any atom is 0.203 e. The van der Waals surface area contributed by atoms with Crippen LogP contribution < -0.4 is 33.8 Å². The van der Waals surface area contributed by atoms with Gasteiger partial charge in [0, 0.05) is 22.3 Å². The summed E-state index contributed by atoms with van der Waals surface area (Å²) in [7, 11) is 9.16. The maximum absolute atomic E-state index is 12.7. The second kappa shape index (κ2) is 7.72. The Bertz CT molecular complexity index is 934. The summed E-state index contributed by atoms with van der Waals surface area (Å²) >= 11 is 0. The monoisotopic (exact) mass is 386 g/mol. The third-order valence-corrected chi connectivity index (χ3v) is 4.59. The van der Waals surface area contributed by atoms with Crippen molar-refractivity contribution in [1.82, 2.24) is 0 Å². The van der Waals surface area contributed by atoms with Gasteiger partial charge in [-0.25, -0.2) is 0 Å². The Morgan fingerprint density at radius 1 is 0.500 bits per heavy atom. The number of hydrogen-bond donors (Lipinski definition) is 0. The molecule has 0 aliphatic heterocycles. The molecule has 0 bridgehead atoms. The third kappa shape index (κ3) is 2.89. The number of rotatable bonds is 8. The molecule has 7 heteroatoms. The zero-order chi connectivity index (χ0) is 20.4. The lowest BCUT2D eigenvalue weighted by Crippen LogP contribution is -1.96. The zero-order valence-corrected chi connectivity index (χ0v) is 16.7. The SMILES string of the molecule is COc1ccc(-c2c(-c3ccc(OC)c(OC)c3OC)c2=O)c(OC)c1OC. The molecule has 0 atom stereocenters. The molecule has 0 N–H and O–H groups in total. The predicted octanol–water partition coefficient (Wildman–Crippen LogP) is 3.31. The van der Waals surface area contributed by atoms with E-state index in [4.69, 9.17) is 28.4 Å². The quantitative estimate of drug-likeness (QED) is 0.588. The number of methoxy groups -OCH3 is 6. The molecule has 0 aromatic heterocycles. The van der Waals surface area contributed by atoms with E-state index < -0.39 is 0 Å². The summed E-state index contributed by atoms with van der Waals surface area (Å²) in [4.78, 5) is 12.7. The molecule has 0 heterocycles. The van der Waals surface area contributed by atoms with Gasteiger partial charge in [0.05, 0.1) is 42.7 Å². The lowest BCUT2D eigenvalue weighted by Gasteiger charge is -2.15. The van der Waals surface area contributed by atoms with Gasteiger partial charge in [-0.1, -0.05) is 0 Å². The molecule has 0 saturated heterocycles. The molecule has 0 fully saturated rings. The Morgan fingerprint density at radius 3 is 1.14 bits per heavy atom. The lowest BCUT2D eigenvalue weighted by molar-refractivity contribution is 0.325. The molecule has 0 aliphatic rings. The average molecular weight is 386 g/mol.